The van der Waals surface area contributed by atoms with Crippen LogP contribution in [0.3, 0.4) is 0 Å². The number of benzene rings is 2. The minimum Gasteiger partial charge on any atom is -0.507 e. The summed E-state index contributed by atoms with van der Waals surface area (Å²) in [6.45, 7) is -0.337. The van der Waals surface area contributed by atoms with Crippen molar-refractivity contribution in [2.24, 2.45) is 0 Å². The molecule has 3 aromatic rings. The van der Waals surface area contributed by atoms with Gasteiger partial charge in [0.2, 0.25) is 17.5 Å². The molecule has 0 bridgehead atoms. The minimum atomic E-state index is -1.67. The molecule has 0 spiro atoms. The van der Waals surface area contributed by atoms with Crippen molar-refractivity contribution in [1.82, 2.24) is 0 Å². The first-order valence-electron chi connectivity index (χ1n) is 10.2. The van der Waals surface area contributed by atoms with Gasteiger partial charge in [-0.25, -0.2) is 0 Å². The number of aliphatic hydroxyl groups excluding tert-OH is 3. The molecular formula is C23H24O11. The molecule has 4 N–H and O–H groups in total. The molecular weight excluding hydrogens is 452 g/mol. The Bertz CT molecular complexity index is 1250. The first kappa shape index (κ1) is 23.6. The van der Waals surface area contributed by atoms with E-state index in [0.29, 0.717) is 17.1 Å². The Morgan fingerprint density at radius 1 is 0.941 bits per heavy atom. The maximum atomic E-state index is 13.5. The van der Waals surface area contributed by atoms with Crippen molar-refractivity contribution in [3.8, 4) is 40.1 Å². The van der Waals surface area contributed by atoms with Crippen molar-refractivity contribution in [3.63, 3.8) is 0 Å². The number of phenols is 1. The third kappa shape index (κ3) is 4.10. The Balaban J connectivity index is 1.93. The number of phenolic OH excluding ortho intramolecular Hbond substituents is 1. The average Bonchev–Trinajstić information content (AvgIpc) is 2.84. The normalized spacial score (nSPS) is 22.4. The fraction of sp³-hybridized carbons (Fsp3) is 0.348. The Morgan fingerprint density at radius 2 is 1.68 bits per heavy atom. The van der Waals surface area contributed by atoms with Gasteiger partial charge < -0.3 is 48.5 Å². The average molecular weight is 476 g/mol. The van der Waals surface area contributed by atoms with E-state index in [1.165, 1.54) is 33.5 Å². The molecule has 4 atom stereocenters. The van der Waals surface area contributed by atoms with E-state index < -0.39 is 41.5 Å². The zero-order valence-corrected chi connectivity index (χ0v) is 18.5. The number of ether oxygens (including phenoxy) is 5. The van der Waals surface area contributed by atoms with Crippen molar-refractivity contribution >= 4 is 11.0 Å². The van der Waals surface area contributed by atoms with Crippen LogP contribution in [-0.2, 0) is 4.74 Å². The molecule has 4 rings (SSSR count). The number of aromatic hydroxyl groups is 1. The van der Waals surface area contributed by atoms with Gasteiger partial charge in [-0.05, 0) is 18.2 Å². The lowest BCUT2D eigenvalue weighted by molar-refractivity contribution is -0.242. The lowest BCUT2D eigenvalue weighted by Crippen LogP contribution is -2.55. The van der Waals surface area contributed by atoms with Gasteiger partial charge in [0.25, 0.3) is 0 Å². The Labute approximate surface area is 193 Å². The van der Waals surface area contributed by atoms with Crippen LogP contribution in [0, 0.1) is 0 Å². The van der Waals surface area contributed by atoms with Gasteiger partial charge in [-0.3, -0.25) is 4.79 Å². The van der Waals surface area contributed by atoms with Crippen molar-refractivity contribution < 1.29 is 48.5 Å². The maximum Gasteiger partial charge on any atom is 0.239 e. The SMILES string of the molecule is COc1cc(O)c2c(=O)c(OC3OCC(O)C(O)C3O)c(-c3ccc(OC)c(OC)c3)oc2c1. The van der Waals surface area contributed by atoms with E-state index in [9.17, 15) is 25.2 Å². The molecule has 2 heterocycles. The molecule has 0 amide bonds. The first-order chi connectivity index (χ1) is 16.3. The summed E-state index contributed by atoms with van der Waals surface area (Å²) in [6, 6.07) is 7.40. The van der Waals surface area contributed by atoms with E-state index in [1.54, 1.807) is 18.2 Å². The van der Waals surface area contributed by atoms with Gasteiger partial charge in [-0.2, -0.15) is 0 Å². The summed E-state index contributed by atoms with van der Waals surface area (Å²) in [4.78, 5) is 13.5. The summed E-state index contributed by atoms with van der Waals surface area (Å²) < 4.78 is 32.7. The molecule has 1 saturated heterocycles. The van der Waals surface area contributed by atoms with Gasteiger partial charge in [-0.1, -0.05) is 0 Å². The van der Waals surface area contributed by atoms with Crippen LogP contribution in [0.1, 0.15) is 0 Å². The highest BCUT2D eigenvalue weighted by Gasteiger charge is 2.40. The van der Waals surface area contributed by atoms with E-state index in [1.807, 2.05) is 0 Å². The summed E-state index contributed by atoms with van der Waals surface area (Å²) in [7, 11) is 4.31. The maximum absolute atomic E-state index is 13.5. The van der Waals surface area contributed by atoms with Crippen LogP contribution in [0.5, 0.6) is 28.7 Å². The highest BCUT2D eigenvalue weighted by atomic mass is 16.7. The third-order valence-corrected chi connectivity index (χ3v) is 5.48. The molecule has 4 unspecified atom stereocenters. The van der Waals surface area contributed by atoms with Crippen molar-refractivity contribution in [1.29, 1.82) is 0 Å². The van der Waals surface area contributed by atoms with E-state index in [-0.39, 0.29) is 29.1 Å². The largest absolute Gasteiger partial charge is 0.507 e. The Hall–Kier alpha value is -3.51. The minimum absolute atomic E-state index is 0.0135. The third-order valence-electron chi connectivity index (χ3n) is 5.48. The van der Waals surface area contributed by atoms with Gasteiger partial charge >= 0.3 is 0 Å². The smallest absolute Gasteiger partial charge is 0.239 e. The van der Waals surface area contributed by atoms with Crippen molar-refractivity contribution in [2.75, 3.05) is 27.9 Å². The zero-order chi connectivity index (χ0) is 24.6. The standard InChI is InChI=1S/C23H24O11/c1-29-11-7-12(24)17-16(8-11)33-21(10-4-5-14(30-2)15(6-10)31-3)22(19(17)27)34-23-20(28)18(26)13(25)9-32-23/h4-8,13,18,20,23-26,28H,9H2,1-3H3. The fourth-order valence-electron chi connectivity index (χ4n) is 3.65. The number of fused-ring (bicyclic) bond motifs is 1. The quantitative estimate of drug-likeness (QED) is 0.402. The van der Waals surface area contributed by atoms with E-state index >= 15 is 0 Å². The molecule has 0 radical (unpaired) electrons. The monoisotopic (exact) mass is 476 g/mol. The second-order valence-electron chi connectivity index (χ2n) is 7.55. The second kappa shape index (κ2) is 9.39. The van der Waals surface area contributed by atoms with Gasteiger partial charge in [0.05, 0.1) is 27.9 Å². The van der Waals surface area contributed by atoms with E-state index in [2.05, 4.69) is 0 Å². The lowest BCUT2D eigenvalue weighted by atomic mass is 10.1. The van der Waals surface area contributed by atoms with Crippen LogP contribution in [-0.4, -0.2) is 73.0 Å². The molecule has 34 heavy (non-hydrogen) atoms. The predicted molar refractivity (Wildman–Crippen MR) is 118 cm³/mol. The van der Waals surface area contributed by atoms with Crippen LogP contribution in [0.15, 0.2) is 39.5 Å². The molecule has 182 valence electrons. The molecule has 2 aromatic carbocycles. The summed E-state index contributed by atoms with van der Waals surface area (Å²) in [6.07, 6.45) is -6.06. The molecule has 0 aliphatic carbocycles. The van der Waals surface area contributed by atoms with Crippen molar-refractivity contribution in [2.45, 2.75) is 24.6 Å². The Morgan fingerprint density at radius 3 is 2.35 bits per heavy atom. The number of rotatable bonds is 6. The molecule has 1 aliphatic rings. The summed E-state index contributed by atoms with van der Waals surface area (Å²) in [5, 5.41) is 40.3. The van der Waals surface area contributed by atoms with Gasteiger partial charge in [0.1, 0.15) is 40.8 Å². The zero-order valence-electron chi connectivity index (χ0n) is 18.5. The molecule has 11 heteroatoms. The second-order valence-corrected chi connectivity index (χ2v) is 7.55. The van der Waals surface area contributed by atoms with Crippen LogP contribution < -0.4 is 24.4 Å². The van der Waals surface area contributed by atoms with E-state index in [4.69, 9.17) is 28.1 Å². The highest BCUT2D eigenvalue weighted by Crippen LogP contribution is 2.39. The van der Waals surface area contributed by atoms with Crippen LogP contribution in [0.4, 0.5) is 0 Å². The topological polar surface area (TPSA) is 157 Å². The van der Waals surface area contributed by atoms with Crippen LogP contribution in [0.25, 0.3) is 22.3 Å². The Kier molecular flexibility index (Phi) is 6.53. The number of methoxy groups -OCH3 is 3. The molecule has 1 fully saturated rings. The van der Waals surface area contributed by atoms with Gasteiger partial charge in [0.15, 0.2) is 17.3 Å². The van der Waals surface area contributed by atoms with Crippen LogP contribution in [0.2, 0.25) is 0 Å². The number of aliphatic hydroxyl groups is 3. The van der Waals surface area contributed by atoms with Gasteiger partial charge in [0, 0.05) is 17.7 Å². The molecule has 1 aromatic heterocycles. The van der Waals surface area contributed by atoms with E-state index in [0.717, 1.165) is 0 Å². The predicted octanol–water partition coefficient (Wildman–Crippen LogP) is 1.01. The molecule has 11 nitrogen and oxygen atoms in total. The highest BCUT2D eigenvalue weighted by molar-refractivity contribution is 5.88. The number of hydrogen-bond donors (Lipinski definition) is 4. The summed E-state index contributed by atoms with van der Waals surface area (Å²) in [5.74, 6) is 0.153. The summed E-state index contributed by atoms with van der Waals surface area (Å²) in [5.41, 5.74) is -0.401. The van der Waals surface area contributed by atoms with Crippen LogP contribution >= 0.6 is 0 Å². The summed E-state index contributed by atoms with van der Waals surface area (Å²) >= 11 is 0. The lowest BCUT2D eigenvalue weighted by Gasteiger charge is -2.34. The fourth-order valence-corrected chi connectivity index (χ4v) is 3.65. The van der Waals surface area contributed by atoms with Gasteiger partial charge in [-0.15, -0.1) is 0 Å². The first-order valence-corrected chi connectivity index (χ1v) is 10.2. The number of hydrogen-bond acceptors (Lipinski definition) is 11. The molecule has 0 saturated carbocycles. The van der Waals surface area contributed by atoms with Crippen molar-refractivity contribution in [3.05, 3.63) is 40.6 Å². The molecule has 1 aliphatic heterocycles.